The second-order valence-electron chi connectivity index (χ2n) is 8.83. The number of likely N-dealkylation sites (tertiary alicyclic amines) is 1. The number of nitrogens with zero attached hydrogens (tertiary/aromatic N) is 7. The molecule has 1 saturated heterocycles. The van der Waals surface area contributed by atoms with E-state index in [4.69, 9.17) is 4.74 Å². The Labute approximate surface area is 196 Å². The van der Waals surface area contributed by atoms with Gasteiger partial charge in [0.05, 0.1) is 24.0 Å². The van der Waals surface area contributed by atoms with Crippen molar-refractivity contribution in [1.29, 1.82) is 0 Å². The van der Waals surface area contributed by atoms with E-state index in [1.54, 1.807) is 28.2 Å². The Bertz CT molecular complexity index is 1290. The first-order valence-corrected chi connectivity index (χ1v) is 11.4. The van der Waals surface area contributed by atoms with Crippen LogP contribution in [-0.2, 0) is 11.3 Å². The predicted molar refractivity (Wildman–Crippen MR) is 123 cm³/mol. The molecule has 1 aliphatic rings. The van der Waals surface area contributed by atoms with Crippen molar-refractivity contribution >= 4 is 17.0 Å². The molecule has 0 saturated carbocycles. The zero-order valence-electron chi connectivity index (χ0n) is 19.1. The number of hydrogen-bond acceptors (Lipinski definition) is 6. The summed E-state index contributed by atoms with van der Waals surface area (Å²) in [5, 5.41) is 12.3. The molecule has 0 spiro atoms. The van der Waals surface area contributed by atoms with Crippen molar-refractivity contribution in [3.63, 3.8) is 0 Å². The number of piperidine rings is 1. The highest BCUT2D eigenvalue weighted by Crippen LogP contribution is 2.29. The molecule has 9 nitrogen and oxygen atoms in total. The van der Waals surface area contributed by atoms with E-state index >= 15 is 4.39 Å². The van der Waals surface area contributed by atoms with Gasteiger partial charge in [-0.2, -0.15) is 0 Å². The van der Waals surface area contributed by atoms with Crippen LogP contribution < -0.4 is 0 Å². The molecule has 0 aliphatic carbocycles. The molecule has 1 aliphatic heterocycles. The zero-order chi connectivity index (χ0) is 23.7. The quantitative estimate of drug-likeness (QED) is 0.446. The Morgan fingerprint density at radius 1 is 1.21 bits per heavy atom. The third-order valence-corrected chi connectivity index (χ3v) is 6.19. The Morgan fingerprint density at radius 3 is 2.74 bits per heavy atom. The van der Waals surface area contributed by atoms with Gasteiger partial charge < -0.3 is 14.2 Å². The minimum absolute atomic E-state index is 0.137. The third-order valence-electron chi connectivity index (χ3n) is 6.19. The number of rotatable bonds is 5. The molecule has 10 heteroatoms. The maximum absolute atomic E-state index is 15.0. The first kappa shape index (κ1) is 22.0. The summed E-state index contributed by atoms with van der Waals surface area (Å²) in [5.41, 5.74) is 3.10. The molecule has 4 heterocycles. The van der Waals surface area contributed by atoms with Crippen molar-refractivity contribution in [3.05, 3.63) is 66.1 Å². The molecule has 176 valence electrons. The molecule has 1 aromatic carbocycles. The van der Waals surface area contributed by atoms with E-state index < -0.39 is 0 Å². The number of halogens is 1. The van der Waals surface area contributed by atoms with E-state index in [2.05, 4.69) is 20.5 Å². The SMILES string of the molecule is CC(C)OC(=O)N1CCC(c2cnc(Cn3ccc4cc(-n5cnnn5)ccc43)c(F)c2)CC1. The molecule has 4 aromatic rings. The van der Waals surface area contributed by atoms with Gasteiger partial charge in [0.25, 0.3) is 0 Å². The van der Waals surface area contributed by atoms with Gasteiger partial charge in [0.1, 0.15) is 12.1 Å². The minimum atomic E-state index is -0.314. The van der Waals surface area contributed by atoms with Crippen LogP contribution in [0.1, 0.15) is 43.9 Å². The monoisotopic (exact) mass is 463 g/mol. The fraction of sp³-hybridized carbons (Fsp3) is 0.375. The van der Waals surface area contributed by atoms with Crippen LogP contribution in [0.25, 0.3) is 16.6 Å². The molecule has 0 atom stereocenters. The van der Waals surface area contributed by atoms with Gasteiger partial charge in [-0.05, 0) is 78.9 Å². The van der Waals surface area contributed by atoms with Crippen LogP contribution in [0.15, 0.2) is 49.1 Å². The lowest BCUT2D eigenvalue weighted by Gasteiger charge is -2.32. The first-order valence-electron chi connectivity index (χ1n) is 11.4. The number of benzene rings is 1. The highest BCUT2D eigenvalue weighted by atomic mass is 19.1. The van der Waals surface area contributed by atoms with Gasteiger partial charge in [-0.15, -0.1) is 5.10 Å². The second kappa shape index (κ2) is 9.20. The predicted octanol–water partition coefficient (Wildman–Crippen LogP) is 3.92. The molecule has 0 N–H and O–H groups in total. The molecular formula is C24H26FN7O2. The Kier molecular flexibility index (Phi) is 5.95. The topological polar surface area (TPSA) is 91.0 Å². The summed E-state index contributed by atoms with van der Waals surface area (Å²) >= 11 is 0. The lowest BCUT2D eigenvalue weighted by atomic mass is 9.90. The average molecular weight is 464 g/mol. The van der Waals surface area contributed by atoms with Gasteiger partial charge in [0.15, 0.2) is 0 Å². The average Bonchev–Trinajstić information content (AvgIpc) is 3.50. The number of tetrazole rings is 1. The zero-order valence-corrected chi connectivity index (χ0v) is 19.1. The second-order valence-corrected chi connectivity index (χ2v) is 8.83. The van der Waals surface area contributed by atoms with Gasteiger partial charge in [-0.3, -0.25) is 4.98 Å². The van der Waals surface area contributed by atoms with Crippen LogP contribution in [0.3, 0.4) is 0 Å². The molecular weight excluding hydrogens is 437 g/mol. The molecule has 34 heavy (non-hydrogen) atoms. The van der Waals surface area contributed by atoms with Crippen LogP contribution in [0.5, 0.6) is 0 Å². The summed E-state index contributed by atoms with van der Waals surface area (Å²) in [5.74, 6) is -0.137. The van der Waals surface area contributed by atoms with Gasteiger partial charge in [-0.25, -0.2) is 13.9 Å². The molecule has 0 bridgehead atoms. The smallest absolute Gasteiger partial charge is 0.410 e. The number of pyridine rings is 1. The standard InChI is InChI=1S/C24H26FN7O2/c1-16(2)34-24(33)30-8-5-17(6-9-30)19-12-21(25)22(26-13-19)14-31-10-7-18-11-20(3-4-23(18)31)32-15-27-28-29-32/h3-4,7,10-13,15-17H,5-6,8-9,14H2,1-2H3. The Morgan fingerprint density at radius 2 is 2.03 bits per heavy atom. The molecule has 1 amide bonds. The van der Waals surface area contributed by atoms with Crippen LogP contribution in [0, 0.1) is 5.82 Å². The van der Waals surface area contributed by atoms with E-state index in [1.807, 2.05) is 48.9 Å². The van der Waals surface area contributed by atoms with Crippen molar-refractivity contribution in [3.8, 4) is 5.69 Å². The van der Waals surface area contributed by atoms with Crippen molar-refractivity contribution in [2.24, 2.45) is 0 Å². The molecule has 1 fully saturated rings. The number of fused-ring (bicyclic) bond motifs is 1. The van der Waals surface area contributed by atoms with E-state index in [9.17, 15) is 4.79 Å². The number of ether oxygens (including phenoxy) is 1. The Hall–Kier alpha value is -3.82. The van der Waals surface area contributed by atoms with Crippen molar-refractivity contribution in [2.75, 3.05) is 13.1 Å². The summed E-state index contributed by atoms with van der Waals surface area (Å²) in [4.78, 5) is 18.3. The molecule has 3 aromatic heterocycles. The number of aromatic nitrogens is 6. The van der Waals surface area contributed by atoms with Gasteiger partial charge in [-0.1, -0.05) is 0 Å². The third kappa shape index (κ3) is 4.48. The largest absolute Gasteiger partial charge is 0.447 e. The van der Waals surface area contributed by atoms with E-state index in [0.29, 0.717) is 25.3 Å². The maximum atomic E-state index is 15.0. The summed E-state index contributed by atoms with van der Waals surface area (Å²) < 4.78 is 23.8. The fourth-order valence-corrected chi connectivity index (χ4v) is 4.40. The van der Waals surface area contributed by atoms with Gasteiger partial charge in [0, 0.05) is 36.4 Å². The maximum Gasteiger partial charge on any atom is 0.410 e. The molecule has 0 radical (unpaired) electrons. The van der Waals surface area contributed by atoms with E-state index in [-0.39, 0.29) is 23.9 Å². The summed E-state index contributed by atoms with van der Waals surface area (Å²) in [7, 11) is 0. The normalized spacial score (nSPS) is 14.8. The summed E-state index contributed by atoms with van der Waals surface area (Å²) in [6, 6.07) is 9.45. The van der Waals surface area contributed by atoms with Gasteiger partial charge in [0.2, 0.25) is 0 Å². The highest BCUT2D eigenvalue weighted by Gasteiger charge is 2.26. The molecule has 5 rings (SSSR count). The van der Waals surface area contributed by atoms with Gasteiger partial charge >= 0.3 is 6.09 Å². The van der Waals surface area contributed by atoms with Crippen LogP contribution >= 0.6 is 0 Å². The van der Waals surface area contributed by atoms with Crippen LogP contribution in [0.2, 0.25) is 0 Å². The van der Waals surface area contributed by atoms with Crippen LogP contribution in [0.4, 0.5) is 9.18 Å². The first-order chi connectivity index (χ1) is 16.5. The lowest BCUT2D eigenvalue weighted by Crippen LogP contribution is -2.39. The number of carbonyl (C=O) groups excluding carboxylic acids is 1. The highest BCUT2D eigenvalue weighted by molar-refractivity contribution is 5.82. The minimum Gasteiger partial charge on any atom is -0.447 e. The fourth-order valence-electron chi connectivity index (χ4n) is 4.40. The van der Waals surface area contributed by atoms with E-state index in [1.165, 1.54) is 0 Å². The van der Waals surface area contributed by atoms with E-state index in [0.717, 1.165) is 35.0 Å². The Balaban J connectivity index is 1.27. The molecule has 0 unspecified atom stereocenters. The number of hydrogen-bond donors (Lipinski definition) is 0. The summed E-state index contributed by atoms with van der Waals surface area (Å²) in [6.45, 7) is 5.21. The number of carbonyl (C=O) groups is 1. The lowest BCUT2D eigenvalue weighted by molar-refractivity contribution is 0.0691. The van der Waals surface area contributed by atoms with Crippen molar-refractivity contribution in [1.82, 2.24) is 34.7 Å². The van der Waals surface area contributed by atoms with Crippen LogP contribution in [-0.4, -0.2) is 59.9 Å². The number of amides is 1. The van der Waals surface area contributed by atoms with Crippen molar-refractivity contribution < 1.29 is 13.9 Å². The van der Waals surface area contributed by atoms with Crippen molar-refractivity contribution in [2.45, 2.75) is 45.3 Å². The summed E-state index contributed by atoms with van der Waals surface area (Å²) in [6.07, 6.45) is 6.35.